The van der Waals surface area contributed by atoms with Crippen molar-refractivity contribution in [1.82, 2.24) is 5.09 Å². The second-order valence-electron chi connectivity index (χ2n) is 6.34. The van der Waals surface area contributed by atoms with Crippen LogP contribution in [0.3, 0.4) is 0 Å². The molecular weight excluding hydrogens is 305 g/mol. The molecule has 0 heterocycles. The molecule has 126 valence electrons. The fourth-order valence-corrected chi connectivity index (χ4v) is 4.66. The van der Waals surface area contributed by atoms with Gasteiger partial charge in [-0.3, -0.25) is 4.57 Å². The Morgan fingerprint density at radius 2 is 1.87 bits per heavy atom. The second-order valence-corrected chi connectivity index (χ2v) is 8.45. The molecule has 2 aromatic rings. The summed E-state index contributed by atoms with van der Waals surface area (Å²) in [7, 11) is -3.20. The molecule has 0 spiro atoms. The predicted octanol–water partition coefficient (Wildman–Crippen LogP) is 5.13. The maximum Gasteiger partial charge on any atom is 0.267 e. The summed E-state index contributed by atoms with van der Waals surface area (Å²) in [6.07, 6.45) is 4.96. The lowest BCUT2D eigenvalue weighted by molar-refractivity contribution is 0.442. The molecule has 0 aliphatic rings. The highest BCUT2D eigenvalue weighted by Crippen LogP contribution is 2.37. The third-order valence-corrected chi connectivity index (χ3v) is 5.95. The first kappa shape index (κ1) is 18.2. The van der Waals surface area contributed by atoms with Crippen molar-refractivity contribution in [2.75, 3.05) is 6.16 Å². The number of rotatable bonds is 9. The van der Waals surface area contributed by atoms with Gasteiger partial charge >= 0.3 is 0 Å². The zero-order chi connectivity index (χ0) is 16.7. The van der Waals surface area contributed by atoms with Gasteiger partial charge in [0.15, 0.2) is 0 Å². The number of unbranched alkanes of at least 4 members (excludes halogenated alkanes) is 1. The first-order valence-electron chi connectivity index (χ1n) is 8.58. The van der Waals surface area contributed by atoms with Crippen LogP contribution >= 0.6 is 7.52 Å². The van der Waals surface area contributed by atoms with Crippen molar-refractivity contribution in [3.05, 3.63) is 48.0 Å². The molecule has 0 aliphatic carbocycles. The van der Waals surface area contributed by atoms with Crippen LogP contribution in [0, 0.1) is 0 Å². The summed E-state index contributed by atoms with van der Waals surface area (Å²) >= 11 is 0. The van der Waals surface area contributed by atoms with E-state index < -0.39 is 7.52 Å². The van der Waals surface area contributed by atoms with Crippen LogP contribution in [0.15, 0.2) is 42.5 Å². The fraction of sp³-hybridized carbons (Fsp3) is 0.474. The molecule has 0 saturated carbocycles. The average Bonchev–Trinajstić information content (AvgIpc) is 2.51. The van der Waals surface area contributed by atoms with E-state index in [0.29, 0.717) is 6.16 Å². The summed E-state index contributed by atoms with van der Waals surface area (Å²) in [4.78, 5) is 10.0. The Labute approximate surface area is 139 Å². The van der Waals surface area contributed by atoms with Crippen molar-refractivity contribution in [3.63, 3.8) is 0 Å². The molecular formula is C19H28NO2P. The topological polar surface area (TPSA) is 49.3 Å². The number of benzene rings is 2. The van der Waals surface area contributed by atoms with Gasteiger partial charge in [-0.1, -0.05) is 55.8 Å². The Balaban J connectivity index is 1.84. The van der Waals surface area contributed by atoms with Gasteiger partial charge in [0.25, 0.3) is 7.52 Å². The number of hydrogen-bond donors (Lipinski definition) is 2. The lowest BCUT2D eigenvalue weighted by atomic mass is 10.0. The zero-order valence-electron chi connectivity index (χ0n) is 14.2. The van der Waals surface area contributed by atoms with E-state index in [1.165, 1.54) is 16.3 Å². The Bertz CT molecular complexity index is 666. The third kappa shape index (κ3) is 5.76. The lowest BCUT2D eigenvalue weighted by Gasteiger charge is -2.18. The molecule has 2 atom stereocenters. The van der Waals surface area contributed by atoms with Crippen LogP contribution in [-0.4, -0.2) is 17.1 Å². The molecule has 0 aliphatic heterocycles. The van der Waals surface area contributed by atoms with Gasteiger partial charge in [0.2, 0.25) is 0 Å². The maximum atomic E-state index is 12.2. The summed E-state index contributed by atoms with van der Waals surface area (Å²) in [6.45, 7) is 4.06. The molecule has 2 rings (SSSR count). The van der Waals surface area contributed by atoms with E-state index in [-0.39, 0.29) is 6.04 Å². The van der Waals surface area contributed by atoms with E-state index in [1.54, 1.807) is 0 Å². The summed E-state index contributed by atoms with van der Waals surface area (Å²) in [5.74, 6) is 0. The number of nitrogens with one attached hydrogen (secondary N) is 1. The quantitative estimate of drug-likeness (QED) is 0.494. The summed E-state index contributed by atoms with van der Waals surface area (Å²) in [6, 6.07) is 14.9. The molecule has 2 unspecified atom stereocenters. The first-order chi connectivity index (χ1) is 11.0. The molecule has 0 bridgehead atoms. The smallest absolute Gasteiger partial charge is 0.267 e. The Morgan fingerprint density at radius 3 is 2.65 bits per heavy atom. The van der Waals surface area contributed by atoms with Crippen LogP contribution in [0.2, 0.25) is 0 Å². The minimum Gasteiger partial charge on any atom is -0.333 e. The molecule has 0 aromatic heterocycles. The molecule has 3 nitrogen and oxygen atoms in total. The fourth-order valence-electron chi connectivity index (χ4n) is 3.06. The standard InChI is InChI=1S/C19H28NO2P/c1-3-9-16(2)20-23(21,22)15-7-6-11-18-13-8-12-17-10-4-5-14-19(17)18/h4-5,8,10,12-14,16H,3,6-7,9,11,15H2,1-2H3,(H2,20,21,22). The van der Waals surface area contributed by atoms with Gasteiger partial charge in [-0.15, -0.1) is 0 Å². The van der Waals surface area contributed by atoms with Crippen molar-refractivity contribution >= 4 is 18.3 Å². The molecule has 0 radical (unpaired) electrons. The van der Waals surface area contributed by atoms with E-state index in [1.807, 2.05) is 6.92 Å². The highest BCUT2D eigenvalue weighted by molar-refractivity contribution is 7.55. The van der Waals surface area contributed by atoms with E-state index in [2.05, 4.69) is 54.5 Å². The normalized spacial score (nSPS) is 15.4. The Hall–Kier alpha value is -1.15. The van der Waals surface area contributed by atoms with Gasteiger partial charge < -0.3 is 4.89 Å². The number of fused-ring (bicyclic) bond motifs is 1. The molecule has 0 fully saturated rings. The van der Waals surface area contributed by atoms with Crippen LogP contribution < -0.4 is 5.09 Å². The Morgan fingerprint density at radius 1 is 1.13 bits per heavy atom. The van der Waals surface area contributed by atoms with Gasteiger partial charge in [-0.25, -0.2) is 5.09 Å². The lowest BCUT2D eigenvalue weighted by Crippen LogP contribution is -2.24. The molecule has 23 heavy (non-hydrogen) atoms. The molecule has 0 amide bonds. The Kier molecular flexibility index (Phi) is 6.83. The third-order valence-electron chi connectivity index (χ3n) is 4.18. The minimum absolute atomic E-state index is 0.105. The SMILES string of the molecule is CCCC(C)NP(=O)(O)CCCCc1cccc2ccccc12. The first-order valence-corrected chi connectivity index (χ1v) is 10.4. The van der Waals surface area contributed by atoms with E-state index in [4.69, 9.17) is 0 Å². The van der Waals surface area contributed by atoms with Gasteiger partial charge in [0.1, 0.15) is 0 Å². The zero-order valence-corrected chi connectivity index (χ0v) is 15.1. The summed E-state index contributed by atoms with van der Waals surface area (Å²) in [5.41, 5.74) is 1.32. The minimum atomic E-state index is -3.20. The van der Waals surface area contributed by atoms with Crippen molar-refractivity contribution in [3.8, 4) is 0 Å². The molecule has 2 N–H and O–H groups in total. The summed E-state index contributed by atoms with van der Waals surface area (Å²) in [5, 5.41) is 5.44. The van der Waals surface area contributed by atoms with Crippen LogP contribution in [0.1, 0.15) is 45.1 Å². The predicted molar refractivity (Wildman–Crippen MR) is 99.1 cm³/mol. The van der Waals surface area contributed by atoms with Crippen molar-refractivity contribution in [1.29, 1.82) is 0 Å². The summed E-state index contributed by atoms with van der Waals surface area (Å²) < 4.78 is 12.2. The van der Waals surface area contributed by atoms with Crippen LogP contribution in [0.4, 0.5) is 0 Å². The largest absolute Gasteiger partial charge is 0.333 e. The van der Waals surface area contributed by atoms with Gasteiger partial charge in [-0.2, -0.15) is 0 Å². The van der Waals surface area contributed by atoms with Crippen LogP contribution in [0.5, 0.6) is 0 Å². The molecule has 0 saturated heterocycles. The van der Waals surface area contributed by atoms with Crippen molar-refractivity contribution in [2.45, 2.75) is 52.0 Å². The van der Waals surface area contributed by atoms with Crippen LogP contribution in [-0.2, 0) is 11.0 Å². The van der Waals surface area contributed by atoms with E-state index in [0.717, 1.165) is 32.1 Å². The second kappa shape index (κ2) is 8.63. The van der Waals surface area contributed by atoms with E-state index >= 15 is 0 Å². The highest BCUT2D eigenvalue weighted by atomic mass is 31.2. The van der Waals surface area contributed by atoms with Gasteiger partial charge in [0.05, 0.1) is 0 Å². The van der Waals surface area contributed by atoms with E-state index in [9.17, 15) is 9.46 Å². The average molecular weight is 333 g/mol. The highest BCUT2D eigenvalue weighted by Gasteiger charge is 2.19. The monoisotopic (exact) mass is 333 g/mol. The molecule has 4 heteroatoms. The van der Waals surface area contributed by atoms with Crippen molar-refractivity contribution < 1.29 is 9.46 Å². The maximum absolute atomic E-state index is 12.2. The number of hydrogen-bond acceptors (Lipinski definition) is 1. The van der Waals surface area contributed by atoms with Crippen LogP contribution in [0.25, 0.3) is 10.8 Å². The van der Waals surface area contributed by atoms with Crippen molar-refractivity contribution in [2.24, 2.45) is 0 Å². The number of aryl methyl sites for hydroxylation is 1. The van der Waals surface area contributed by atoms with Gasteiger partial charge in [0, 0.05) is 12.2 Å². The molecule has 2 aromatic carbocycles. The van der Waals surface area contributed by atoms with Gasteiger partial charge in [-0.05, 0) is 48.9 Å².